The number of hydrogen-bond acceptors (Lipinski definition) is 10. The van der Waals surface area contributed by atoms with E-state index in [1.807, 2.05) is 0 Å². The van der Waals surface area contributed by atoms with Gasteiger partial charge in [0.1, 0.15) is 6.04 Å². The molecule has 0 aromatic carbocycles. The number of nitrogens with one attached hydrogen (secondary N) is 2. The first-order valence-corrected chi connectivity index (χ1v) is 15.5. The Labute approximate surface area is 271 Å². The first-order chi connectivity index (χ1) is 23.2. The quantitative estimate of drug-likeness (QED) is 0.232. The highest BCUT2D eigenvalue weighted by Gasteiger charge is 2.56. The van der Waals surface area contributed by atoms with Crippen LogP contribution in [0.2, 0.25) is 0 Å². The Morgan fingerprint density at radius 1 is 1.12 bits per heavy atom. The second kappa shape index (κ2) is 12.0. The average Bonchev–Trinajstić information content (AvgIpc) is 3.38. The van der Waals surface area contributed by atoms with Gasteiger partial charge in [-0.15, -0.1) is 5.10 Å². The number of imidazole rings is 1. The van der Waals surface area contributed by atoms with Gasteiger partial charge in [0.25, 0.3) is 12.3 Å². The van der Waals surface area contributed by atoms with Gasteiger partial charge in [-0.3, -0.25) is 9.59 Å². The van der Waals surface area contributed by atoms with E-state index >= 15 is 0 Å². The molecular weight excluding hydrogens is 671 g/mol. The molecule has 2 amide bonds. The summed E-state index contributed by atoms with van der Waals surface area (Å²) in [7, 11) is 0. The SMILES string of the molecule is O=C(N[C@H](c1cn2ncc(C[C@@]3(Cc4nnnn4C4CC4)C[C@@H](C(F)(F)F)NC3=O)cc2n1)C1CCC(F)(F)CC1)c1nonc1C(F)F. The van der Waals surface area contributed by atoms with Crippen molar-refractivity contribution in [2.24, 2.45) is 11.3 Å². The number of carbonyl (C=O) groups is 2. The van der Waals surface area contributed by atoms with E-state index in [2.05, 4.69) is 51.2 Å². The molecule has 0 bridgehead atoms. The van der Waals surface area contributed by atoms with Gasteiger partial charge in [0.05, 0.1) is 35.6 Å². The molecule has 1 aliphatic heterocycles. The predicted molar refractivity (Wildman–Crippen MR) is 148 cm³/mol. The van der Waals surface area contributed by atoms with Gasteiger partial charge >= 0.3 is 6.18 Å². The molecule has 0 unspecified atom stereocenters. The van der Waals surface area contributed by atoms with Crippen LogP contribution in [0.3, 0.4) is 0 Å². The van der Waals surface area contributed by atoms with Gasteiger partial charge in [-0.05, 0) is 76.8 Å². The summed E-state index contributed by atoms with van der Waals surface area (Å²) in [6, 6.07) is -1.60. The second-order valence-electron chi connectivity index (χ2n) is 13.0. The number of rotatable bonds is 10. The van der Waals surface area contributed by atoms with Crippen molar-refractivity contribution in [1.82, 2.24) is 55.8 Å². The Kier molecular flexibility index (Phi) is 8.04. The summed E-state index contributed by atoms with van der Waals surface area (Å²) in [6.07, 6.45) is -5.39. The minimum Gasteiger partial charge on any atom is -0.344 e. The van der Waals surface area contributed by atoms with Crippen LogP contribution in [0.15, 0.2) is 23.1 Å². The first kappa shape index (κ1) is 32.8. The normalized spacial score (nSPS) is 23.7. The van der Waals surface area contributed by atoms with Crippen molar-refractivity contribution in [2.45, 2.75) is 94.4 Å². The molecule has 3 aliphatic rings. The maximum Gasteiger partial charge on any atom is 0.408 e. The van der Waals surface area contributed by atoms with Gasteiger partial charge in [-0.2, -0.15) is 18.3 Å². The number of hydrogen-bond donors (Lipinski definition) is 2. The zero-order chi connectivity index (χ0) is 34.7. The standard InChI is InChI=1S/C28H28F7N11O3/c29-23(30)21-22(42-49-41-21)24(47)39-20(14-3-5-27(31,32)6-4-14)16-12-45-18(37-16)7-13(11-36-45)8-26(9-17(28(33,34)35)38-25(26)48)10-19-40-43-44-46(19)15-1-2-15/h7,11-12,14-15,17,20,23H,1-6,8-10H2,(H,38,48)(H,39,47)/t17-,20-,26-/m0/s1. The van der Waals surface area contributed by atoms with Crippen LogP contribution in [-0.2, 0) is 17.6 Å². The monoisotopic (exact) mass is 699 g/mol. The largest absolute Gasteiger partial charge is 0.408 e. The van der Waals surface area contributed by atoms with Crippen LogP contribution in [0.25, 0.3) is 5.65 Å². The Bertz CT molecular complexity index is 1860. The minimum absolute atomic E-state index is 0.0117. The number of alkyl halides is 7. The lowest BCUT2D eigenvalue weighted by atomic mass is 9.76. The highest BCUT2D eigenvalue weighted by Crippen LogP contribution is 2.44. The number of fused-ring (bicyclic) bond motifs is 1. The molecular formula is C28H28F7N11O3. The number of halogens is 7. The summed E-state index contributed by atoms with van der Waals surface area (Å²) in [4.78, 5) is 31.0. The molecule has 4 aromatic rings. The van der Waals surface area contributed by atoms with Crippen molar-refractivity contribution in [3.63, 3.8) is 0 Å². The van der Waals surface area contributed by atoms with Crippen LogP contribution in [0.1, 0.15) is 96.7 Å². The zero-order valence-corrected chi connectivity index (χ0v) is 25.4. The van der Waals surface area contributed by atoms with Gasteiger partial charge in [0.15, 0.2) is 17.2 Å². The average molecular weight is 700 g/mol. The molecule has 5 heterocycles. The fourth-order valence-electron chi connectivity index (χ4n) is 6.75. The van der Waals surface area contributed by atoms with Crippen LogP contribution in [0.5, 0.6) is 0 Å². The van der Waals surface area contributed by atoms with Crippen molar-refractivity contribution in [1.29, 1.82) is 0 Å². The topological polar surface area (TPSA) is 171 Å². The lowest BCUT2D eigenvalue weighted by molar-refractivity contribution is -0.155. The molecule has 2 N–H and O–H groups in total. The van der Waals surface area contributed by atoms with Crippen molar-refractivity contribution in [3.05, 3.63) is 46.9 Å². The predicted octanol–water partition coefficient (Wildman–Crippen LogP) is 3.89. The number of carbonyl (C=O) groups excluding carboxylic acids is 2. The lowest BCUT2D eigenvalue weighted by Gasteiger charge is -2.33. The maximum atomic E-state index is 14.0. The lowest BCUT2D eigenvalue weighted by Crippen LogP contribution is -2.39. The van der Waals surface area contributed by atoms with Crippen LogP contribution in [0.4, 0.5) is 30.7 Å². The summed E-state index contributed by atoms with van der Waals surface area (Å²) in [5, 5.41) is 27.0. The van der Waals surface area contributed by atoms with E-state index in [0.717, 1.165) is 12.8 Å². The number of tetrazole rings is 1. The van der Waals surface area contributed by atoms with E-state index in [4.69, 9.17) is 0 Å². The molecule has 0 spiro atoms. The molecule has 14 nitrogen and oxygen atoms in total. The highest BCUT2D eigenvalue weighted by molar-refractivity contribution is 5.93. The summed E-state index contributed by atoms with van der Waals surface area (Å²) in [5.41, 5.74) is -2.65. The van der Waals surface area contributed by atoms with Crippen LogP contribution in [-0.4, -0.2) is 75.1 Å². The third-order valence-corrected chi connectivity index (χ3v) is 9.44. The molecule has 262 valence electrons. The Morgan fingerprint density at radius 2 is 1.88 bits per heavy atom. The van der Waals surface area contributed by atoms with Gasteiger partial charge in [-0.25, -0.2) is 36.4 Å². The number of aromatic nitrogens is 9. The molecule has 7 rings (SSSR count). The maximum absolute atomic E-state index is 14.0. The van der Waals surface area contributed by atoms with Crippen LogP contribution >= 0.6 is 0 Å². The Hall–Kier alpha value is -4.72. The van der Waals surface area contributed by atoms with E-state index in [1.54, 1.807) is 0 Å². The number of nitrogens with zero attached hydrogens (tertiary/aromatic N) is 9. The van der Waals surface area contributed by atoms with Crippen molar-refractivity contribution >= 4 is 17.5 Å². The third kappa shape index (κ3) is 6.53. The van der Waals surface area contributed by atoms with Crippen molar-refractivity contribution in [3.8, 4) is 0 Å². The fraction of sp³-hybridized carbons (Fsp3) is 0.607. The first-order valence-electron chi connectivity index (χ1n) is 15.5. The zero-order valence-electron chi connectivity index (χ0n) is 25.4. The van der Waals surface area contributed by atoms with E-state index in [-0.39, 0.29) is 48.9 Å². The van der Waals surface area contributed by atoms with Crippen LogP contribution < -0.4 is 10.6 Å². The second-order valence-corrected chi connectivity index (χ2v) is 13.0. The molecule has 49 heavy (non-hydrogen) atoms. The van der Waals surface area contributed by atoms with Crippen molar-refractivity contribution < 1.29 is 45.0 Å². The minimum atomic E-state index is -4.69. The molecule has 3 atom stereocenters. The summed E-state index contributed by atoms with van der Waals surface area (Å²) in [5.74, 6) is -5.09. The van der Waals surface area contributed by atoms with Gasteiger partial charge in [-0.1, -0.05) is 0 Å². The van der Waals surface area contributed by atoms with E-state index in [1.165, 1.54) is 27.7 Å². The van der Waals surface area contributed by atoms with Gasteiger partial charge in [0, 0.05) is 19.3 Å². The summed E-state index contributed by atoms with van der Waals surface area (Å²) < 4.78 is 104. The van der Waals surface area contributed by atoms with Crippen LogP contribution in [0, 0.1) is 11.3 Å². The fourth-order valence-corrected chi connectivity index (χ4v) is 6.75. The molecule has 2 aliphatic carbocycles. The molecule has 21 heteroatoms. The van der Waals surface area contributed by atoms with Gasteiger partial charge < -0.3 is 10.6 Å². The molecule has 1 saturated heterocycles. The highest BCUT2D eigenvalue weighted by atomic mass is 19.4. The Morgan fingerprint density at radius 3 is 2.55 bits per heavy atom. The van der Waals surface area contributed by atoms with Crippen molar-refractivity contribution in [2.75, 3.05) is 0 Å². The molecule has 2 saturated carbocycles. The third-order valence-electron chi connectivity index (χ3n) is 9.44. The molecule has 3 fully saturated rings. The summed E-state index contributed by atoms with van der Waals surface area (Å²) >= 11 is 0. The number of amides is 2. The molecule has 0 radical (unpaired) electrons. The Balaban J connectivity index is 1.19. The van der Waals surface area contributed by atoms with E-state index in [0.29, 0.717) is 5.56 Å². The smallest absolute Gasteiger partial charge is 0.344 e. The van der Waals surface area contributed by atoms with Gasteiger partial charge in [0.2, 0.25) is 17.5 Å². The van der Waals surface area contributed by atoms with E-state index < -0.39 is 84.4 Å². The summed E-state index contributed by atoms with van der Waals surface area (Å²) in [6.45, 7) is 0. The van der Waals surface area contributed by atoms with E-state index in [9.17, 15) is 40.3 Å². The molecule has 4 aromatic heterocycles.